The Hall–Kier alpha value is -1.09. The highest BCUT2D eigenvalue weighted by molar-refractivity contribution is 5.50. The number of para-hydroxylation sites is 1. The van der Waals surface area contributed by atoms with Crippen LogP contribution in [-0.4, -0.2) is 18.1 Å². The molecule has 1 unspecified atom stereocenters. The van der Waals surface area contributed by atoms with Gasteiger partial charge in [-0.1, -0.05) is 12.1 Å². The molecule has 1 aliphatic rings. The summed E-state index contributed by atoms with van der Waals surface area (Å²) in [7, 11) is 0. The fourth-order valence-corrected chi connectivity index (χ4v) is 2.57. The number of halogens is 1. The molecule has 0 spiro atoms. The van der Waals surface area contributed by atoms with E-state index in [1.54, 1.807) is 6.07 Å². The van der Waals surface area contributed by atoms with Crippen LogP contribution < -0.4 is 10.6 Å². The standard InChI is InChI=1S/C13H19FN2/c1-13(2)9-10(15)7-8-16(13)12-6-4-3-5-11(12)14/h3-6,10H,7-9,15H2,1-2H3. The van der Waals surface area contributed by atoms with Crippen molar-refractivity contribution in [1.82, 2.24) is 0 Å². The molecular weight excluding hydrogens is 203 g/mol. The van der Waals surface area contributed by atoms with Crippen LogP contribution in [-0.2, 0) is 0 Å². The number of rotatable bonds is 1. The molecule has 2 nitrogen and oxygen atoms in total. The Balaban J connectivity index is 2.31. The first-order valence-electron chi connectivity index (χ1n) is 5.78. The summed E-state index contributed by atoms with van der Waals surface area (Å²) in [6.07, 6.45) is 1.83. The third-order valence-electron chi connectivity index (χ3n) is 3.36. The summed E-state index contributed by atoms with van der Waals surface area (Å²) < 4.78 is 13.7. The van der Waals surface area contributed by atoms with Crippen LogP contribution in [0.25, 0.3) is 0 Å². The van der Waals surface area contributed by atoms with Crippen molar-refractivity contribution in [1.29, 1.82) is 0 Å². The van der Waals surface area contributed by atoms with E-state index in [2.05, 4.69) is 18.7 Å². The quantitative estimate of drug-likeness (QED) is 0.791. The van der Waals surface area contributed by atoms with Gasteiger partial charge in [0.2, 0.25) is 0 Å². The highest BCUT2D eigenvalue weighted by atomic mass is 19.1. The van der Waals surface area contributed by atoms with Crippen molar-refractivity contribution < 1.29 is 4.39 Å². The molecular formula is C13H19FN2. The first-order valence-corrected chi connectivity index (χ1v) is 5.78. The van der Waals surface area contributed by atoms with E-state index in [0.29, 0.717) is 5.69 Å². The number of anilines is 1. The molecule has 1 fully saturated rings. The van der Waals surface area contributed by atoms with Gasteiger partial charge in [-0.3, -0.25) is 0 Å². The van der Waals surface area contributed by atoms with Crippen LogP contribution in [0.1, 0.15) is 26.7 Å². The van der Waals surface area contributed by atoms with Gasteiger partial charge in [0, 0.05) is 18.1 Å². The molecule has 0 bridgehead atoms. The van der Waals surface area contributed by atoms with Gasteiger partial charge in [0.1, 0.15) is 5.82 Å². The Morgan fingerprint density at radius 3 is 2.69 bits per heavy atom. The minimum atomic E-state index is -0.147. The summed E-state index contributed by atoms with van der Waals surface area (Å²) in [6, 6.07) is 7.19. The van der Waals surface area contributed by atoms with Crippen molar-refractivity contribution in [3.63, 3.8) is 0 Å². The second-order valence-corrected chi connectivity index (χ2v) is 5.17. The van der Waals surface area contributed by atoms with Gasteiger partial charge >= 0.3 is 0 Å². The summed E-state index contributed by atoms with van der Waals surface area (Å²) in [5, 5.41) is 0. The number of nitrogens with zero attached hydrogens (tertiary/aromatic N) is 1. The van der Waals surface area contributed by atoms with Crippen molar-refractivity contribution >= 4 is 5.69 Å². The lowest BCUT2D eigenvalue weighted by molar-refractivity contribution is 0.324. The molecule has 2 rings (SSSR count). The molecule has 3 heteroatoms. The van der Waals surface area contributed by atoms with Crippen molar-refractivity contribution in [2.24, 2.45) is 5.73 Å². The zero-order chi connectivity index (χ0) is 11.8. The Kier molecular flexibility index (Phi) is 2.89. The highest BCUT2D eigenvalue weighted by Gasteiger charge is 2.34. The van der Waals surface area contributed by atoms with Crippen LogP contribution in [0.15, 0.2) is 24.3 Å². The van der Waals surface area contributed by atoms with Gasteiger partial charge in [-0.15, -0.1) is 0 Å². The zero-order valence-corrected chi connectivity index (χ0v) is 9.91. The molecule has 1 saturated heterocycles. The molecule has 0 saturated carbocycles. The van der Waals surface area contributed by atoms with E-state index in [0.717, 1.165) is 19.4 Å². The van der Waals surface area contributed by atoms with E-state index in [4.69, 9.17) is 5.73 Å². The lowest BCUT2D eigenvalue weighted by Gasteiger charge is -2.46. The minimum Gasteiger partial charge on any atom is -0.364 e. The number of hydrogen-bond acceptors (Lipinski definition) is 2. The SMILES string of the molecule is CC1(C)CC(N)CCN1c1ccccc1F. The van der Waals surface area contributed by atoms with Crippen LogP contribution in [0, 0.1) is 5.82 Å². The van der Waals surface area contributed by atoms with Gasteiger partial charge < -0.3 is 10.6 Å². The van der Waals surface area contributed by atoms with Crippen LogP contribution in [0.2, 0.25) is 0 Å². The minimum absolute atomic E-state index is 0.0696. The Morgan fingerprint density at radius 1 is 1.38 bits per heavy atom. The topological polar surface area (TPSA) is 29.3 Å². The maximum absolute atomic E-state index is 13.7. The number of benzene rings is 1. The predicted molar refractivity (Wildman–Crippen MR) is 65.0 cm³/mol. The predicted octanol–water partition coefficient (Wildman–Crippen LogP) is 2.53. The largest absolute Gasteiger partial charge is 0.364 e. The molecule has 0 amide bonds. The van der Waals surface area contributed by atoms with Crippen LogP contribution >= 0.6 is 0 Å². The van der Waals surface area contributed by atoms with Crippen LogP contribution in [0.3, 0.4) is 0 Å². The van der Waals surface area contributed by atoms with E-state index < -0.39 is 0 Å². The van der Waals surface area contributed by atoms with E-state index in [-0.39, 0.29) is 17.4 Å². The lowest BCUT2D eigenvalue weighted by atomic mass is 9.87. The summed E-state index contributed by atoms with van der Waals surface area (Å²) in [6.45, 7) is 5.08. The molecule has 2 N–H and O–H groups in total. The fourth-order valence-electron chi connectivity index (χ4n) is 2.57. The molecule has 0 aromatic heterocycles. The zero-order valence-electron chi connectivity index (χ0n) is 9.91. The monoisotopic (exact) mass is 222 g/mol. The van der Waals surface area contributed by atoms with Crippen molar-refractivity contribution in [3.8, 4) is 0 Å². The van der Waals surface area contributed by atoms with Crippen LogP contribution in [0.4, 0.5) is 10.1 Å². The molecule has 0 aliphatic carbocycles. The van der Waals surface area contributed by atoms with E-state index in [9.17, 15) is 4.39 Å². The second kappa shape index (κ2) is 4.06. The Morgan fingerprint density at radius 2 is 2.06 bits per heavy atom. The third kappa shape index (κ3) is 2.05. The summed E-state index contributed by atoms with van der Waals surface area (Å²) >= 11 is 0. The van der Waals surface area contributed by atoms with E-state index >= 15 is 0 Å². The average Bonchev–Trinajstić information content (AvgIpc) is 2.18. The van der Waals surface area contributed by atoms with Crippen molar-refractivity contribution in [2.75, 3.05) is 11.4 Å². The van der Waals surface area contributed by atoms with E-state index in [1.807, 2.05) is 12.1 Å². The molecule has 88 valence electrons. The molecule has 16 heavy (non-hydrogen) atoms. The van der Waals surface area contributed by atoms with Gasteiger partial charge in [-0.05, 0) is 38.8 Å². The lowest BCUT2D eigenvalue weighted by Crippen LogP contribution is -2.54. The first kappa shape index (κ1) is 11.4. The van der Waals surface area contributed by atoms with Gasteiger partial charge in [-0.25, -0.2) is 4.39 Å². The highest BCUT2D eigenvalue weighted by Crippen LogP contribution is 2.33. The molecule has 1 aliphatic heterocycles. The van der Waals surface area contributed by atoms with Gasteiger partial charge in [0.05, 0.1) is 5.69 Å². The fraction of sp³-hybridized carbons (Fsp3) is 0.538. The maximum Gasteiger partial charge on any atom is 0.146 e. The average molecular weight is 222 g/mol. The molecule has 1 aromatic carbocycles. The Bertz CT molecular complexity index is 376. The van der Waals surface area contributed by atoms with Gasteiger partial charge in [-0.2, -0.15) is 0 Å². The number of nitrogens with two attached hydrogens (primary N) is 1. The third-order valence-corrected chi connectivity index (χ3v) is 3.36. The normalized spacial score (nSPS) is 24.5. The van der Waals surface area contributed by atoms with Crippen LogP contribution in [0.5, 0.6) is 0 Å². The summed E-state index contributed by atoms with van der Waals surface area (Å²) in [5.74, 6) is -0.147. The molecule has 1 aromatic rings. The molecule has 0 radical (unpaired) electrons. The smallest absolute Gasteiger partial charge is 0.146 e. The van der Waals surface area contributed by atoms with Gasteiger partial charge in [0.15, 0.2) is 0 Å². The maximum atomic E-state index is 13.7. The second-order valence-electron chi connectivity index (χ2n) is 5.17. The first-order chi connectivity index (χ1) is 7.50. The van der Waals surface area contributed by atoms with E-state index in [1.165, 1.54) is 6.07 Å². The van der Waals surface area contributed by atoms with Crippen molar-refractivity contribution in [3.05, 3.63) is 30.1 Å². The molecule has 1 heterocycles. The van der Waals surface area contributed by atoms with Crippen molar-refractivity contribution in [2.45, 2.75) is 38.3 Å². The molecule has 1 atom stereocenters. The summed E-state index contributed by atoms with van der Waals surface area (Å²) in [4.78, 5) is 2.13. The number of hydrogen-bond donors (Lipinski definition) is 1. The Labute approximate surface area is 96.2 Å². The number of piperidine rings is 1. The van der Waals surface area contributed by atoms with Gasteiger partial charge in [0.25, 0.3) is 0 Å². The summed E-state index contributed by atoms with van der Waals surface area (Å²) in [5.41, 5.74) is 6.59.